The van der Waals surface area contributed by atoms with E-state index in [4.69, 9.17) is 0 Å². The number of carbonyl (C=O) groups excluding carboxylic acids is 1. The SMILES string of the molecule is C[C@H](O)c1cn(CC(=O)NCC2CCC(C(C)(C)C)CC2)nn1. The predicted octanol–water partition coefficient (Wildman–Crippen LogP) is 2.30. The third kappa shape index (κ3) is 5.30. The summed E-state index contributed by atoms with van der Waals surface area (Å²) in [5, 5.41) is 20.1. The Labute approximate surface area is 138 Å². The number of nitrogens with one attached hydrogen (secondary N) is 1. The summed E-state index contributed by atoms with van der Waals surface area (Å²) >= 11 is 0. The zero-order chi connectivity index (χ0) is 17.0. The molecule has 1 aromatic rings. The molecule has 1 heterocycles. The molecular weight excluding hydrogens is 292 g/mol. The van der Waals surface area contributed by atoms with Crippen LogP contribution in [0.3, 0.4) is 0 Å². The Morgan fingerprint density at radius 3 is 2.57 bits per heavy atom. The Bertz CT molecular complexity index is 511. The van der Waals surface area contributed by atoms with Crippen LogP contribution in [-0.2, 0) is 11.3 Å². The minimum atomic E-state index is -0.662. The van der Waals surface area contributed by atoms with Crippen LogP contribution in [-0.4, -0.2) is 32.6 Å². The quantitative estimate of drug-likeness (QED) is 0.871. The number of aromatic nitrogens is 3. The first-order valence-corrected chi connectivity index (χ1v) is 8.60. The van der Waals surface area contributed by atoms with Gasteiger partial charge in [0.1, 0.15) is 12.2 Å². The lowest BCUT2D eigenvalue weighted by atomic mass is 9.70. The highest BCUT2D eigenvalue weighted by atomic mass is 16.3. The van der Waals surface area contributed by atoms with Gasteiger partial charge in [0.05, 0.1) is 12.3 Å². The molecule has 1 amide bonds. The Kier molecular flexibility index (Phi) is 5.79. The Morgan fingerprint density at radius 2 is 2.04 bits per heavy atom. The Hall–Kier alpha value is -1.43. The first kappa shape index (κ1) is 17.9. The van der Waals surface area contributed by atoms with E-state index in [1.54, 1.807) is 13.1 Å². The van der Waals surface area contributed by atoms with Crippen molar-refractivity contribution in [3.63, 3.8) is 0 Å². The van der Waals surface area contributed by atoms with E-state index in [1.807, 2.05) is 0 Å². The molecule has 130 valence electrons. The largest absolute Gasteiger partial charge is 0.387 e. The van der Waals surface area contributed by atoms with Crippen molar-refractivity contribution in [1.29, 1.82) is 0 Å². The Balaban J connectivity index is 1.71. The number of aliphatic hydroxyl groups excluding tert-OH is 1. The zero-order valence-electron chi connectivity index (χ0n) is 14.7. The van der Waals surface area contributed by atoms with Crippen molar-refractivity contribution in [3.05, 3.63) is 11.9 Å². The lowest BCUT2D eigenvalue weighted by molar-refractivity contribution is -0.122. The molecule has 0 aliphatic heterocycles. The number of hydrogen-bond acceptors (Lipinski definition) is 4. The van der Waals surface area contributed by atoms with E-state index in [0.29, 0.717) is 17.0 Å². The smallest absolute Gasteiger partial charge is 0.241 e. The van der Waals surface area contributed by atoms with E-state index < -0.39 is 6.10 Å². The molecule has 1 aliphatic carbocycles. The van der Waals surface area contributed by atoms with Crippen molar-refractivity contribution in [3.8, 4) is 0 Å². The van der Waals surface area contributed by atoms with Crippen molar-refractivity contribution < 1.29 is 9.90 Å². The van der Waals surface area contributed by atoms with Crippen LogP contribution in [0.1, 0.15) is 65.2 Å². The van der Waals surface area contributed by atoms with Crippen molar-refractivity contribution in [2.75, 3.05) is 6.54 Å². The van der Waals surface area contributed by atoms with Crippen LogP contribution in [0.5, 0.6) is 0 Å². The number of rotatable bonds is 5. The molecule has 6 nitrogen and oxygen atoms in total. The third-order valence-corrected chi connectivity index (χ3v) is 4.95. The molecule has 0 aromatic carbocycles. The van der Waals surface area contributed by atoms with E-state index in [9.17, 15) is 9.90 Å². The van der Waals surface area contributed by atoms with Gasteiger partial charge in [-0.3, -0.25) is 4.79 Å². The molecule has 23 heavy (non-hydrogen) atoms. The van der Waals surface area contributed by atoms with Gasteiger partial charge in [0.25, 0.3) is 0 Å². The molecule has 1 saturated carbocycles. The van der Waals surface area contributed by atoms with Gasteiger partial charge < -0.3 is 10.4 Å². The maximum atomic E-state index is 12.0. The van der Waals surface area contributed by atoms with E-state index >= 15 is 0 Å². The van der Waals surface area contributed by atoms with Crippen molar-refractivity contribution in [2.24, 2.45) is 17.3 Å². The van der Waals surface area contributed by atoms with Gasteiger partial charge in [-0.2, -0.15) is 0 Å². The van der Waals surface area contributed by atoms with E-state index in [2.05, 4.69) is 36.4 Å². The molecule has 0 unspecified atom stereocenters. The van der Waals surface area contributed by atoms with Gasteiger partial charge in [0.2, 0.25) is 5.91 Å². The van der Waals surface area contributed by atoms with Gasteiger partial charge in [-0.1, -0.05) is 26.0 Å². The second kappa shape index (κ2) is 7.43. The number of amides is 1. The van der Waals surface area contributed by atoms with Gasteiger partial charge >= 0.3 is 0 Å². The normalized spacial score (nSPS) is 23.5. The molecule has 0 radical (unpaired) electrons. The summed E-state index contributed by atoms with van der Waals surface area (Å²) in [6.07, 6.45) is 5.84. The summed E-state index contributed by atoms with van der Waals surface area (Å²) in [6.45, 7) is 9.48. The average Bonchev–Trinajstić information content (AvgIpc) is 2.93. The minimum Gasteiger partial charge on any atom is -0.387 e. The average molecular weight is 322 g/mol. The summed E-state index contributed by atoms with van der Waals surface area (Å²) in [5.41, 5.74) is 0.876. The fourth-order valence-electron chi connectivity index (χ4n) is 3.28. The summed E-state index contributed by atoms with van der Waals surface area (Å²) < 4.78 is 1.47. The minimum absolute atomic E-state index is 0.0509. The van der Waals surface area contributed by atoms with E-state index in [-0.39, 0.29) is 12.5 Å². The summed E-state index contributed by atoms with van der Waals surface area (Å²) in [6, 6.07) is 0. The van der Waals surface area contributed by atoms with Crippen molar-refractivity contribution in [1.82, 2.24) is 20.3 Å². The molecule has 2 rings (SSSR count). The van der Waals surface area contributed by atoms with Crippen LogP contribution in [0, 0.1) is 17.3 Å². The summed E-state index contributed by atoms with van der Waals surface area (Å²) in [5.74, 6) is 1.33. The number of hydrogen-bond donors (Lipinski definition) is 2. The van der Waals surface area contributed by atoms with Gasteiger partial charge in [-0.15, -0.1) is 5.10 Å². The molecule has 1 atom stereocenters. The van der Waals surface area contributed by atoms with Gasteiger partial charge in [0.15, 0.2) is 0 Å². The Morgan fingerprint density at radius 1 is 1.39 bits per heavy atom. The highest BCUT2D eigenvalue weighted by molar-refractivity contribution is 5.75. The van der Waals surface area contributed by atoms with Crippen molar-refractivity contribution >= 4 is 5.91 Å². The van der Waals surface area contributed by atoms with Crippen LogP contribution in [0.4, 0.5) is 0 Å². The first-order valence-electron chi connectivity index (χ1n) is 8.60. The van der Waals surface area contributed by atoms with Gasteiger partial charge in [-0.05, 0) is 49.9 Å². The fraction of sp³-hybridized carbons (Fsp3) is 0.824. The third-order valence-electron chi connectivity index (χ3n) is 4.95. The van der Waals surface area contributed by atoms with Crippen LogP contribution in [0.25, 0.3) is 0 Å². The number of aliphatic hydroxyl groups is 1. The lowest BCUT2D eigenvalue weighted by Gasteiger charge is -2.37. The first-order chi connectivity index (χ1) is 10.8. The van der Waals surface area contributed by atoms with Crippen LogP contribution < -0.4 is 5.32 Å². The van der Waals surface area contributed by atoms with Crippen molar-refractivity contribution in [2.45, 2.75) is 66.0 Å². The van der Waals surface area contributed by atoms with Crippen LogP contribution in [0.15, 0.2) is 6.20 Å². The molecule has 0 saturated heterocycles. The molecule has 6 heteroatoms. The number of nitrogens with zero attached hydrogens (tertiary/aromatic N) is 3. The highest BCUT2D eigenvalue weighted by Gasteiger charge is 2.29. The highest BCUT2D eigenvalue weighted by Crippen LogP contribution is 2.39. The predicted molar refractivity (Wildman–Crippen MR) is 88.6 cm³/mol. The van der Waals surface area contributed by atoms with E-state index in [1.165, 1.54) is 30.4 Å². The van der Waals surface area contributed by atoms with Crippen LogP contribution in [0.2, 0.25) is 0 Å². The van der Waals surface area contributed by atoms with Gasteiger partial charge in [-0.25, -0.2) is 4.68 Å². The lowest BCUT2D eigenvalue weighted by Crippen LogP contribution is -2.35. The second-order valence-electron chi connectivity index (χ2n) is 7.90. The fourth-order valence-corrected chi connectivity index (χ4v) is 3.28. The van der Waals surface area contributed by atoms with Gasteiger partial charge in [0, 0.05) is 6.54 Å². The monoisotopic (exact) mass is 322 g/mol. The summed E-state index contributed by atoms with van der Waals surface area (Å²) in [4.78, 5) is 12.0. The molecule has 0 bridgehead atoms. The van der Waals surface area contributed by atoms with Crippen LogP contribution >= 0.6 is 0 Å². The van der Waals surface area contributed by atoms with E-state index in [0.717, 1.165) is 12.5 Å². The molecule has 1 aromatic heterocycles. The second-order valence-corrected chi connectivity index (χ2v) is 7.90. The maximum absolute atomic E-state index is 12.0. The summed E-state index contributed by atoms with van der Waals surface area (Å²) in [7, 11) is 0. The number of carbonyl (C=O) groups is 1. The molecule has 0 spiro atoms. The molecule has 1 fully saturated rings. The standard InChI is InChI=1S/C17H30N4O2/c1-12(22)15-10-21(20-19-15)11-16(23)18-9-13-5-7-14(8-6-13)17(2,3)4/h10,12-14,22H,5-9,11H2,1-4H3,(H,18,23)/t12-,13?,14?/m0/s1. The topological polar surface area (TPSA) is 80.0 Å². The molecule has 2 N–H and O–H groups in total. The zero-order valence-corrected chi connectivity index (χ0v) is 14.7. The maximum Gasteiger partial charge on any atom is 0.241 e. The molecular formula is C17H30N4O2. The molecule has 1 aliphatic rings.